The molecule has 2 heteroatoms. The van der Waals surface area contributed by atoms with Crippen molar-refractivity contribution in [3.05, 3.63) is 71.8 Å². The topological polar surface area (TPSA) is 52.0 Å². The van der Waals surface area contributed by atoms with Crippen molar-refractivity contribution in [2.24, 2.45) is 11.5 Å². The van der Waals surface area contributed by atoms with Crippen LogP contribution in [-0.4, -0.2) is 5.66 Å². The first-order chi connectivity index (χ1) is 9.12. The van der Waals surface area contributed by atoms with Crippen LogP contribution >= 0.6 is 0 Å². The Bertz CT molecular complexity index is 506. The third-order valence-corrected chi connectivity index (χ3v) is 4.30. The molecule has 98 valence electrons. The molecule has 0 aromatic heterocycles. The fourth-order valence-electron chi connectivity index (χ4n) is 3.36. The van der Waals surface area contributed by atoms with Gasteiger partial charge in [0.05, 0.1) is 5.66 Å². The second kappa shape index (κ2) is 4.48. The van der Waals surface area contributed by atoms with Gasteiger partial charge in [-0.25, -0.2) is 0 Å². The van der Waals surface area contributed by atoms with Gasteiger partial charge in [-0.1, -0.05) is 60.7 Å². The first kappa shape index (κ1) is 12.4. The Kier molecular flexibility index (Phi) is 2.92. The summed E-state index contributed by atoms with van der Waals surface area (Å²) in [4.78, 5) is 0. The quantitative estimate of drug-likeness (QED) is 0.807. The van der Waals surface area contributed by atoms with E-state index < -0.39 is 5.66 Å². The van der Waals surface area contributed by atoms with E-state index in [1.807, 2.05) is 0 Å². The lowest BCUT2D eigenvalue weighted by Crippen LogP contribution is -2.48. The van der Waals surface area contributed by atoms with E-state index in [-0.39, 0.29) is 5.41 Å². The molecule has 3 rings (SSSR count). The Morgan fingerprint density at radius 1 is 0.684 bits per heavy atom. The maximum absolute atomic E-state index is 6.21. The Balaban J connectivity index is 2.13. The van der Waals surface area contributed by atoms with Crippen molar-refractivity contribution in [3.8, 4) is 0 Å². The molecule has 1 aliphatic carbocycles. The molecule has 0 amide bonds. The Hall–Kier alpha value is -1.64. The van der Waals surface area contributed by atoms with Gasteiger partial charge >= 0.3 is 0 Å². The standard InChI is InChI=1S/C17H20N2/c18-17(19)12-11-16(13-17,14-7-3-1-4-8-14)15-9-5-2-6-10-15/h1-10H,11-13,18-19H2. The molecule has 2 aromatic carbocycles. The van der Waals surface area contributed by atoms with Crippen LogP contribution in [-0.2, 0) is 5.41 Å². The molecule has 0 unspecified atom stereocenters. The van der Waals surface area contributed by atoms with Gasteiger partial charge in [0.25, 0.3) is 0 Å². The summed E-state index contributed by atoms with van der Waals surface area (Å²) in [6, 6.07) is 21.2. The van der Waals surface area contributed by atoms with Crippen molar-refractivity contribution in [2.45, 2.75) is 30.3 Å². The zero-order chi connectivity index (χ0) is 13.3. The summed E-state index contributed by atoms with van der Waals surface area (Å²) in [6.07, 6.45) is 2.67. The summed E-state index contributed by atoms with van der Waals surface area (Å²) in [5.41, 5.74) is 14.4. The molecule has 0 aliphatic heterocycles. The van der Waals surface area contributed by atoms with Crippen LogP contribution < -0.4 is 11.5 Å². The number of hydrogen-bond donors (Lipinski definition) is 2. The minimum absolute atomic E-state index is 0.0357. The smallest absolute Gasteiger partial charge is 0.0648 e. The Labute approximate surface area is 114 Å². The first-order valence-corrected chi connectivity index (χ1v) is 6.81. The highest BCUT2D eigenvalue weighted by atomic mass is 15.0. The van der Waals surface area contributed by atoms with Gasteiger partial charge in [-0.15, -0.1) is 0 Å². The summed E-state index contributed by atoms with van der Waals surface area (Å²) >= 11 is 0. The second-order valence-corrected chi connectivity index (χ2v) is 5.72. The van der Waals surface area contributed by atoms with E-state index in [2.05, 4.69) is 60.7 Å². The summed E-state index contributed by atoms with van der Waals surface area (Å²) in [7, 11) is 0. The van der Waals surface area contributed by atoms with Gasteiger partial charge < -0.3 is 11.5 Å². The van der Waals surface area contributed by atoms with E-state index in [1.54, 1.807) is 0 Å². The molecule has 0 heterocycles. The Morgan fingerprint density at radius 2 is 1.16 bits per heavy atom. The highest BCUT2D eigenvalue weighted by Gasteiger charge is 2.46. The molecule has 19 heavy (non-hydrogen) atoms. The highest BCUT2D eigenvalue weighted by Crippen LogP contribution is 2.47. The predicted molar refractivity (Wildman–Crippen MR) is 78.6 cm³/mol. The number of nitrogens with two attached hydrogens (primary N) is 2. The number of benzene rings is 2. The number of hydrogen-bond acceptors (Lipinski definition) is 2. The Morgan fingerprint density at radius 3 is 1.53 bits per heavy atom. The lowest BCUT2D eigenvalue weighted by atomic mass is 9.72. The molecule has 0 radical (unpaired) electrons. The maximum atomic E-state index is 6.21. The first-order valence-electron chi connectivity index (χ1n) is 6.81. The summed E-state index contributed by atoms with van der Waals surface area (Å²) in [5.74, 6) is 0. The van der Waals surface area contributed by atoms with Crippen LogP contribution in [0.25, 0.3) is 0 Å². The maximum Gasteiger partial charge on any atom is 0.0648 e. The fourth-order valence-corrected chi connectivity index (χ4v) is 3.36. The van der Waals surface area contributed by atoms with Crippen LogP contribution in [0.2, 0.25) is 0 Å². The fraction of sp³-hybridized carbons (Fsp3) is 0.294. The minimum Gasteiger partial charge on any atom is -0.313 e. The largest absolute Gasteiger partial charge is 0.313 e. The van der Waals surface area contributed by atoms with Crippen molar-refractivity contribution in [3.63, 3.8) is 0 Å². The lowest BCUT2D eigenvalue weighted by molar-refractivity contribution is 0.423. The highest BCUT2D eigenvalue weighted by molar-refractivity contribution is 5.41. The molecular weight excluding hydrogens is 232 g/mol. The third kappa shape index (κ3) is 2.18. The zero-order valence-electron chi connectivity index (χ0n) is 11.0. The van der Waals surface area contributed by atoms with E-state index in [4.69, 9.17) is 11.5 Å². The van der Waals surface area contributed by atoms with Gasteiger partial charge in [-0.05, 0) is 30.4 Å². The van der Waals surface area contributed by atoms with Crippen LogP contribution in [0, 0.1) is 0 Å². The van der Waals surface area contributed by atoms with Crippen molar-refractivity contribution < 1.29 is 0 Å². The summed E-state index contributed by atoms with van der Waals surface area (Å²) in [5, 5.41) is 0. The predicted octanol–water partition coefficient (Wildman–Crippen LogP) is 2.77. The third-order valence-electron chi connectivity index (χ3n) is 4.30. The SMILES string of the molecule is NC1(N)CCC(c2ccccc2)(c2ccccc2)C1. The van der Waals surface area contributed by atoms with E-state index >= 15 is 0 Å². The zero-order valence-corrected chi connectivity index (χ0v) is 11.0. The second-order valence-electron chi connectivity index (χ2n) is 5.72. The van der Waals surface area contributed by atoms with Crippen molar-refractivity contribution in [2.75, 3.05) is 0 Å². The van der Waals surface area contributed by atoms with Gasteiger partial charge in [-0.2, -0.15) is 0 Å². The van der Waals surface area contributed by atoms with Gasteiger partial charge in [0.1, 0.15) is 0 Å². The number of rotatable bonds is 2. The van der Waals surface area contributed by atoms with E-state index in [1.165, 1.54) is 11.1 Å². The molecule has 2 nitrogen and oxygen atoms in total. The van der Waals surface area contributed by atoms with Crippen LogP contribution in [0.4, 0.5) is 0 Å². The van der Waals surface area contributed by atoms with Crippen LogP contribution in [0.3, 0.4) is 0 Å². The normalized spacial score (nSPS) is 20.3. The molecule has 0 atom stereocenters. The van der Waals surface area contributed by atoms with Crippen molar-refractivity contribution in [1.82, 2.24) is 0 Å². The van der Waals surface area contributed by atoms with Crippen LogP contribution in [0.1, 0.15) is 30.4 Å². The molecule has 2 aromatic rings. The lowest BCUT2D eigenvalue weighted by Gasteiger charge is -2.32. The van der Waals surface area contributed by atoms with Gasteiger partial charge in [0.15, 0.2) is 0 Å². The van der Waals surface area contributed by atoms with Gasteiger partial charge in [-0.3, -0.25) is 0 Å². The molecule has 4 N–H and O–H groups in total. The summed E-state index contributed by atoms with van der Waals surface area (Å²) < 4.78 is 0. The minimum atomic E-state index is -0.564. The average Bonchev–Trinajstić information content (AvgIpc) is 2.78. The molecular formula is C17H20N2. The monoisotopic (exact) mass is 252 g/mol. The molecule has 0 bridgehead atoms. The van der Waals surface area contributed by atoms with Crippen LogP contribution in [0.5, 0.6) is 0 Å². The van der Waals surface area contributed by atoms with Crippen molar-refractivity contribution in [1.29, 1.82) is 0 Å². The molecule has 1 saturated carbocycles. The summed E-state index contributed by atoms with van der Waals surface area (Å²) in [6.45, 7) is 0. The average molecular weight is 252 g/mol. The molecule has 1 aliphatic rings. The van der Waals surface area contributed by atoms with Crippen molar-refractivity contribution >= 4 is 0 Å². The molecule has 0 spiro atoms. The van der Waals surface area contributed by atoms with Gasteiger partial charge in [0.2, 0.25) is 0 Å². The van der Waals surface area contributed by atoms with Gasteiger partial charge in [0, 0.05) is 5.41 Å². The molecule has 1 fully saturated rings. The van der Waals surface area contributed by atoms with E-state index in [9.17, 15) is 0 Å². The van der Waals surface area contributed by atoms with E-state index in [0.29, 0.717) is 0 Å². The van der Waals surface area contributed by atoms with E-state index in [0.717, 1.165) is 19.3 Å². The molecule has 0 saturated heterocycles. The van der Waals surface area contributed by atoms with Crippen LogP contribution in [0.15, 0.2) is 60.7 Å².